The van der Waals surface area contributed by atoms with Crippen LogP contribution in [0.1, 0.15) is 27.9 Å². The molecule has 4 heteroatoms. The average molecular weight is 261 g/mol. The molecule has 0 saturated heterocycles. The summed E-state index contributed by atoms with van der Waals surface area (Å²) in [6.45, 7) is 0. The Kier molecular flexibility index (Phi) is 5.64. The van der Waals surface area contributed by atoms with Gasteiger partial charge in [0.25, 0.3) is 0 Å². The molecule has 0 fully saturated rings. The van der Waals surface area contributed by atoms with Gasteiger partial charge < -0.3 is 4.74 Å². The minimum atomic E-state index is -0.334. The van der Waals surface area contributed by atoms with E-state index in [1.807, 2.05) is 12.1 Å². The molecular weight excluding hydrogens is 247 g/mol. The molecule has 0 heterocycles. The Morgan fingerprint density at radius 3 is 2.50 bits per heavy atom. The van der Waals surface area contributed by atoms with Gasteiger partial charge in [0.2, 0.25) is 0 Å². The van der Waals surface area contributed by atoms with Gasteiger partial charge in [-0.3, -0.25) is 0 Å². The third-order valence-corrected chi connectivity index (χ3v) is 2.80. The van der Waals surface area contributed by atoms with E-state index in [4.69, 9.17) is 23.2 Å². The molecule has 0 aromatic heterocycles. The summed E-state index contributed by atoms with van der Waals surface area (Å²) in [7, 11) is 1.37. The van der Waals surface area contributed by atoms with Crippen molar-refractivity contribution < 1.29 is 9.53 Å². The van der Waals surface area contributed by atoms with Crippen molar-refractivity contribution in [1.82, 2.24) is 0 Å². The van der Waals surface area contributed by atoms with E-state index < -0.39 is 0 Å². The number of halogens is 2. The van der Waals surface area contributed by atoms with Crippen molar-refractivity contribution in [2.45, 2.75) is 18.7 Å². The molecule has 0 saturated carbocycles. The van der Waals surface area contributed by atoms with Crippen molar-refractivity contribution in [1.29, 1.82) is 0 Å². The summed E-state index contributed by atoms with van der Waals surface area (Å²) < 4.78 is 4.69. The molecule has 0 aliphatic carbocycles. The zero-order chi connectivity index (χ0) is 12.0. The first-order valence-electron chi connectivity index (χ1n) is 5.04. The lowest BCUT2D eigenvalue weighted by Crippen LogP contribution is -2.03. The predicted molar refractivity (Wildman–Crippen MR) is 66.4 cm³/mol. The Bertz CT molecular complexity index is 364. The number of benzene rings is 1. The van der Waals surface area contributed by atoms with Gasteiger partial charge >= 0.3 is 5.97 Å². The number of carbonyl (C=O) groups is 1. The molecule has 0 aliphatic heterocycles. The fourth-order valence-corrected chi connectivity index (χ4v) is 1.78. The van der Waals surface area contributed by atoms with Gasteiger partial charge in [0.05, 0.1) is 12.7 Å². The maximum atomic E-state index is 11.4. The van der Waals surface area contributed by atoms with Crippen molar-refractivity contribution in [3.05, 3.63) is 34.9 Å². The van der Waals surface area contributed by atoms with Gasteiger partial charge in [-0.25, -0.2) is 4.79 Å². The van der Waals surface area contributed by atoms with Crippen LogP contribution in [-0.4, -0.2) is 19.0 Å². The molecule has 0 radical (unpaired) electrons. The molecule has 16 heavy (non-hydrogen) atoms. The summed E-state index contributed by atoms with van der Waals surface area (Å²) in [5, 5.41) is 0. The normalized spacial score (nSPS) is 10.2. The number of carbonyl (C=O) groups excluding carboxylic acids is 1. The van der Waals surface area contributed by atoms with E-state index in [1.54, 1.807) is 6.07 Å². The van der Waals surface area contributed by atoms with Crippen molar-refractivity contribution in [3.63, 3.8) is 0 Å². The van der Waals surface area contributed by atoms with Gasteiger partial charge in [0.15, 0.2) is 0 Å². The van der Waals surface area contributed by atoms with Gasteiger partial charge in [-0.1, -0.05) is 6.07 Å². The Balaban J connectivity index is 2.96. The Morgan fingerprint density at radius 2 is 1.94 bits per heavy atom. The van der Waals surface area contributed by atoms with Crippen LogP contribution in [0.3, 0.4) is 0 Å². The predicted octanol–water partition coefficient (Wildman–Crippen LogP) is 3.38. The van der Waals surface area contributed by atoms with Gasteiger partial charge in [0, 0.05) is 11.8 Å². The van der Waals surface area contributed by atoms with Crippen LogP contribution in [0.5, 0.6) is 0 Å². The number of rotatable bonds is 5. The van der Waals surface area contributed by atoms with Crippen LogP contribution in [0.4, 0.5) is 0 Å². The highest BCUT2D eigenvalue weighted by Crippen LogP contribution is 2.15. The number of esters is 1. The number of hydrogen-bond donors (Lipinski definition) is 0. The molecule has 0 bridgehead atoms. The molecule has 0 aliphatic rings. The number of ether oxygens (including phenoxy) is 1. The van der Waals surface area contributed by atoms with Crippen molar-refractivity contribution in [2.75, 3.05) is 13.0 Å². The first-order valence-corrected chi connectivity index (χ1v) is 6.11. The first-order chi connectivity index (χ1) is 7.71. The lowest BCUT2D eigenvalue weighted by Gasteiger charge is -2.06. The fraction of sp³-hybridized carbons (Fsp3) is 0.417. The van der Waals surface area contributed by atoms with Crippen LogP contribution in [0.2, 0.25) is 0 Å². The van der Waals surface area contributed by atoms with E-state index in [1.165, 1.54) is 7.11 Å². The van der Waals surface area contributed by atoms with Crippen molar-refractivity contribution >= 4 is 29.2 Å². The summed E-state index contributed by atoms with van der Waals surface area (Å²) in [6, 6.07) is 5.57. The summed E-state index contributed by atoms with van der Waals surface area (Å²) in [5.74, 6) is 0.663. The van der Waals surface area contributed by atoms with Crippen LogP contribution in [0.25, 0.3) is 0 Å². The second kappa shape index (κ2) is 6.77. The largest absolute Gasteiger partial charge is 0.465 e. The number of hydrogen-bond acceptors (Lipinski definition) is 2. The smallest absolute Gasteiger partial charge is 0.337 e. The zero-order valence-electron chi connectivity index (χ0n) is 9.13. The molecule has 1 aromatic rings. The van der Waals surface area contributed by atoms with E-state index in [0.29, 0.717) is 17.3 Å². The Labute approximate surface area is 106 Å². The molecule has 1 aromatic carbocycles. The maximum Gasteiger partial charge on any atom is 0.337 e. The van der Waals surface area contributed by atoms with Crippen molar-refractivity contribution in [3.8, 4) is 0 Å². The SMILES string of the molecule is COC(=O)c1cc(CCl)cc(CCCCl)c1. The van der Waals surface area contributed by atoms with Gasteiger partial charge in [-0.05, 0) is 36.1 Å². The van der Waals surface area contributed by atoms with E-state index in [-0.39, 0.29) is 5.97 Å². The topological polar surface area (TPSA) is 26.3 Å². The van der Waals surface area contributed by atoms with Crippen LogP contribution >= 0.6 is 23.2 Å². The second-order valence-electron chi connectivity index (χ2n) is 3.46. The monoisotopic (exact) mass is 260 g/mol. The number of alkyl halides is 2. The molecule has 88 valence electrons. The zero-order valence-corrected chi connectivity index (χ0v) is 10.6. The maximum absolute atomic E-state index is 11.4. The summed E-state index contributed by atoms with van der Waals surface area (Å²) in [6.07, 6.45) is 1.73. The molecule has 0 unspecified atom stereocenters. The number of methoxy groups -OCH3 is 1. The minimum Gasteiger partial charge on any atom is -0.465 e. The molecule has 0 N–H and O–H groups in total. The second-order valence-corrected chi connectivity index (χ2v) is 4.10. The van der Waals surface area contributed by atoms with Crippen LogP contribution in [0, 0.1) is 0 Å². The standard InChI is InChI=1S/C12H14Cl2O2/c1-16-12(15)11-6-9(3-2-4-13)5-10(7-11)8-14/h5-7H,2-4,8H2,1H3. The third kappa shape index (κ3) is 3.69. The molecule has 1 rings (SSSR count). The Hall–Kier alpha value is -0.730. The van der Waals surface area contributed by atoms with Crippen LogP contribution in [0.15, 0.2) is 18.2 Å². The minimum absolute atomic E-state index is 0.334. The first kappa shape index (κ1) is 13.3. The Morgan fingerprint density at radius 1 is 1.25 bits per heavy atom. The molecular formula is C12H14Cl2O2. The van der Waals surface area contributed by atoms with Crippen LogP contribution < -0.4 is 0 Å². The molecule has 0 spiro atoms. The molecule has 0 atom stereocenters. The summed E-state index contributed by atoms with van der Waals surface area (Å²) >= 11 is 11.4. The van der Waals surface area contributed by atoms with E-state index >= 15 is 0 Å². The van der Waals surface area contributed by atoms with Gasteiger partial charge in [-0.15, -0.1) is 23.2 Å². The van der Waals surface area contributed by atoms with Crippen molar-refractivity contribution in [2.24, 2.45) is 0 Å². The highest BCUT2D eigenvalue weighted by Gasteiger charge is 2.08. The highest BCUT2D eigenvalue weighted by molar-refractivity contribution is 6.17. The van der Waals surface area contributed by atoms with Crippen LogP contribution in [-0.2, 0) is 17.0 Å². The van der Waals surface area contributed by atoms with E-state index in [2.05, 4.69) is 4.74 Å². The molecule has 0 amide bonds. The number of aryl methyl sites for hydroxylation is 1. The summed E-state index contributed by atoms with van der Waals surface area (Å²) in [4.78, 5) is 11.4. The third-order valence-electron chi connectivity index (χ3n) is 2.23. The quantitative estimate of drug-likeness (QED) is 0.600. The van der Waals surface area contributed by atoms with E-state index in [9.17, 15) is 4.79 Å². The lowest BCUT2D eigenvalue weighted by molar-refractivity contribution is 0.0600. The van der Waals surface area contributed by atoms with Gasteiger partial charge in [0.1, 0.15) is 0 Å². The van der Waals surface area contributed by atoms with Gasteiger partial charge in [-0.2, -0.15) is 0 Å². The summed E-state index contributed by atoms with van der Waals surface area (Å²) in [5.41, 5.74) is 2.54. The highest BCUT2D eigenvalue weighted by atomic mass is 35.5. The molecule has 2 nitrogen and oxygen atoms in total. The van der Waals surface area contributed by atoms with E-state index in [0.717, 1.165) is 24.0 Å². The lowest BCUT2D eigenvalue weighted by atomic mass is 10.0. The fourth-order valence-electron chi connectivity index (χ4n) is 1.49. The average Bonchev–Trinajstić information content (AvgIpc) is 2.34.